The third-order valence-electron chi connectivity index (χ3n) is 4.99. The summed E-state index contributed by atoms with van der Waals surface area (Å²) < 4.78 is 1.83. The predicted octanol–water partition coefficient (Wildman–Crippen LogP) is 3.20. The molecular formula is C20H40N4O2. The van der Waals surface area contributed by atoms with Crippen molar-refractivity contribution in [2.45, 2.75) is 102 Å². The summed E-state index contributed by atoms with van der Waals surface area (Å²) in [4.78, 5) is 0. The van der Waals surface area contributed by atoms with E-state index in [2.05, 4.69) is 17.2 Å². The molecule has 0 amide bonds. The smallest absolute Gasteiger partial charge is 0.0847 e. The molecule has 0 saturated carbocycles. The molecule has 0 saturated heterocycles. The van der Waals surface area contributed by atoms with Crippen molar-refractivity contribution in [1.82, 2.24) is 15.0 Å². The van der Waals surface area contributed by atoms with Gasteiger partial charge in [-0.2, -0.15) is 0 Å². The summed E-state index contributed by atoms with van der Waals surface area (Å²) >= 11 is 0. The second-order valence-electron chi connectivity index (χ2n) is 7.72. The van der Waals surface area contributed by atoms with Gasteiger partial charge in [-0.3, -0.25) is 4.68 Å². The van der Waals surface area contributed by atoms with Gasteiger partial charge in [-0.1, -0.05) is 82.8 Å². The minimum absolute atomic E-state index is 0.269. The monoisotopic (exact) mass is 368 g/mol. The first-order valence-electron chi connectivity index (χ1n) is 10.5. The van der Waals surface area contributed by atoms with Gasteiger partial charge in [0.1, 0.15) is 0 Å². The summed E-state index contributed by atoms with van der Waals surface area (Å²) in [6, 6.07) is 0. The summed E-state index contributed by atoms with van der Waals surface area (Å²) in [6.07, 6.45) is 18.2. The van der Waals surface area contributed by atoms with Crippen LogP contribution in [0.15, 0.2) is 6.20 Å². The van der Waals surface area contributed by atoms with Crippen LogP contribution in [0.25, 0.3) is 0 Å². The van der Waals surface area contributed by atoms with E-state index in [4.69, 9.17) is 5.73 Å². The molecule has 0 unspecified atom stereocenters. The number of nitrogens with zero attached hydrogens (tertiary/aromatic N) is 3. The third kappa shape index (κ3) is 10.2. The van der Waals surface area contributed by atoms with Crippen molar-refractivity contribution in [2.75, 3.05) is 13.2 Å². The predicted molar refractivity (Wildman–Crippen MR) is 106 cm³/mol. The average Bonchev–Trinajstić information content (AvgIpc) is 3.09. The van der Waals surface area contributed by atoms with Crippen molar-refractivity contribution in [3.63, 3.8) is 0 Å². The molecule has 0 aliphatic rings. The van der Waals surface area contributed by atoms with Crippen LogP contribution in [-0.4, -0.2) is 44.0 Å². The van der Waals surface area contributed by atoms with Gasteiger partial charge in [0.2, 0.25) is 0 Å². The van der Waals surface area contributed by atoms with Gasteiger partial charge in [0.05, 0.1) is 24.4 Å². The van der Waals surface area contributed by atoms with Crippen molar-refractivity contribution >= 4 is 0 Å². The fourth-order valence-electron chi connectivity index (χ4n) is 3.17. The van der Waals surface area contributed by atoms with Crippen LogP contribution in [-0.2, 0) is 13.0 Å². The lowest BCUT2D eigenvalue weighted by molar-refractivity contribution is 0.120. The summed E-state index contributed by atoms with van der Waals surface area (Å²) in [6.45, 7) is 2.59. The number of nitrogens with two attached hydrogens (primary N) is 1. The molecular weight excluding hydrogens is 328 g/mol. The SMILES string of the molecule is CCCCCCCCCCCCCCn1cc(CC(N)(CO)CO)nn1. The molecule has 0 fully saturated rings. The molecule has 0 atom stereocenters. The molecule has 6 nitrogen and oxygen atoms in total. The number of aliphatic hydroxyl groups is 2. The second kappa shape index (κ2) is 14.1. The van der Waals surface area contributed by atoms with E-state index >= 15 is 0 Å². The lowest BCUT2D eigenvalue weighted by Gasteiger charge is -2.22. The highest BCUT2D eigenvalue weighted by atomic mass is 16.3. The van der Waals surface area contributed by atoms with E-state index in [9.17, 15) is 10.2 Å². The molecule has 6 heteroatoms. The van der Waals surface area contributed by atoms with Crippen LogP contribution in [0.1, 0.15) is 89.7 Å². The lowest BCUT2D eigenvalue weighted by Crippen LogP contribution is -2.49. The molecule has 1 aromatic heterocycles. The zero-order chi connectivity index (χ0) is 19.1. The van der Waals surface area contributed by atoms with Gasteiger partial charge in [-0.15, -0.1) is 5.10 Å². The molecule has 4 N–H and O–H groups in total. The van der Waals surface area contributed by atoms with Crippen molar-refractivity contribution in [2.24, 2.45) is 5.73 Å². The molecule has 152 valence electrons. The molecule has 0 spiro atoms. The van der Waals surface area contributed by atoms with E-state index in [1.165, 1.54) is 70.6 Å². The van der Waals surface area contributed by atoms with Gasteiger partial charge in [0.15, 0.2) is 0 Å². The van der Waals surface area contributed by atoms with Gasteiger partial charge < -0.3 is 15.9 Å². The maximum absolute atomic E-state index is 9.24. The minimum Gasteiger partial charge on any atom is -0.394 e. The fourth-order valence-corrected chi connectivity index (χ4v) is 3.17. The summed E-state index contributed by atoms with van der Waals surface area (Å²) in [5, 5.41) is 26.7. The Kier molecular flexibility index (Phi) is 12.5. The number of aliphatic hydroxyl groups excluding tert-OH is 2. The Hall–Kier alpha value is -0.980. The summed E-state index contributed by atoms with van der Waals surface area (Å²) in [5.41, 5.74) is 5.58. The Morgan fingerprint density at radius 2 is 1.38 bits per heavy atom. The second-order valence-corrected chi connectivity index (χ2v) is 7.72. The standard InChI is InChI=1S/C20H40N4O2/c1-2-3-4-5-6-7-8-9-10-11-12-13-14-24-16-19(22-23-24)15-20(21,17-25)18-26/h16,25-26H,2-15,17-18,21H2,1H3. The number of unbranched alkanes of at least 4 members (excludes halogenated alkanes) is 11. The lowest BCUT2D eigenvalue weighted by atomic mass is 9.97. The maximum Gasteiger partial charge on any atom is 0.0847 e. The van der Waals surface area contributed by atoms with Crippen LogP contribution in [0.2, 0.25) is 0 Å². The first-order valence-corrected chi connectivity index (χ1v) is 10.5. The zero-order valence-electron chi connectivity index (χ0n) is 16.7. The van der Waals surface area contributed by atoms with E-state index in [0.717, 1.165) is 18.7 Å². The summed E-state index contributed by atoms with van der Waals surface area (Å²) in [5.74, 6) is 0. The average molecular weight is 369 g/mol. The van der Waals surface area contributed by atoms with E-state index in [-0.39, 0.29) is 13.2 Å². The van der Waals surface area contributed by atoms with Crippen molar-refractivity contribution in [1.29, 1.82) is 0 Å². The highest BCUT2D eigenvalue weighted by Crippen LogP contribution is 2.12. The van der Waals surface area contributed by atoms with E-state index in [1.807, 2.05) is 10.9 Å². The zero-order valence-corrected chi connectivity index (χ0v) is 16.7. The Morgan fingerprint density at radius 1 is 0.885 bits per heavy atom. The van der Waals surface area contributed by atoms with Crippen molar-refractivity contribution in [3.05, 3.63) is 11.9 Å². The first kappa shape index (κ1) is 23.1. The third-order valence-corrected chi connectivity index (χ3v) is 4.99. The molecule has 0 aliphatic carbocycles. The molecule has 1 rings (SSSR count). The summed E-state index contributed by atoms with van der Waals surface area (Å²) in [7, 11) is 0. The number of aromatic nitrogens is 3. The normalized spacial score (nSPS) is 12.0. The molecule has 0 aliphatic heterocycles. The number of aryl methyl sites for hydroxylation is 1. The number of rotatable bonds is 17. The van der Waals surface area contributed by atoms with Crippen LogP contribution >= 0.6 is 0 Å². The Bertz CT molecular complexity index is 447. The fraction of sp³-hybridized carbons (Fsp3) is 0.900. The number of hydrogen-bond donors (Lipinski definition) is 3. The largest absolute Gasteiger partial charge is 0.394 e. The highest BCUT2D eigenvalue weighted by Gasteiger charge is 2.25. The molecule has 26 heavy (non-hydrogen) atoms. The van der Waals surface area contributed by atoms with Crippen LogP contribution in [0.4, 0.5) is 0 Å². The van der Waals surface area contributed by atoms with Gasteiger partial charge >= 0.3 is 0 Å². The maximum atomic E-state index is 9.24. The van der Waals surface area contributed by atoms with E-state index < -0.39 is 5.54 Å². The van der Waals surface area contributed by atoms with E-state index in [0.29, 0.717) is 6.42 Å². The van der Waals surface area contributed by atoms with Crippen LogP contribution in [0, 0.1) is 0 Å². The topological polar surface area (TPSA) is 97.2 Å². The molecule has 0 radical (unpaired) electrons. The van der Waals surface area contributed by atoms with Crippen LogP contribution in [0.3, 0.4) is 0 Å². The van der Waals surface area contributed by atoms with Gasteiger partial charge in [-0.25, -0.2) is 0 Å². The van der Waals surface area contributed by atoms with Crippen LogP contribution in [0.5, 0.6) is 0 Å². The Morgan fingerprint density at radius 3 is 1.88 bits per heavy atom. The quantitative estimate of drug-likeness (QED) is 0.367. The number of hydrogen-bond acceptors (Lipinski definition) is 5. The van der Waals surface area contributed by atoms with Gasteiger partial charge in [0, 0.05) is 19.2 Å². The van der Waals surface area contributed by atoms with Crippen molar-refractivity contribution in [3.8, 4) is 0 Å². The Balaban J connectivity index is 2.00. The first-order chi connectivity index (χ1) is 12.6. The highest BCUT2D eigenvalue weighted by molar-refractivity contribution is 5.01. The van der Waals surface area contributed by atoms with Crippen molar-refractivity contribution < 1.29 is 10.2 Å². The van der Waals surface area contributed by atoms with E-state index in [1.54, 1.807) is 0 Å². The Labute approximate surface area is 159 Å². The molecule has 0 aromatic carbocycles. The van der Waals surface area contributed by atoms with Gasteiger partial charge in [0.25, 0.3) is 0 Å². The minimum atomic E-state index is -1.02. The molecule has 0 bridgehead atoms. The molecule has 1 aromatic rings. The molecule has 1 heterocycles. The van der Waals surface area contributed by atoms with Gasteiger partial charge in [-0.05, 0) is 6.42 Å². The van der Waals surface area contributed by atoms with Crippen LogP contribution < -0.4 is 5.73 Å².